The third-order valence-electron chi connectivity index (χ3n) is 4.78. The van der Waals surface area contributed by atoms with Crippen LogP contribution in [0.5, 0.6) is 0 Å². The fourth-order valence-corrected chi connectivity index (χ4v) is 4.39. The summed E-state index contributed by atoms with van der Waals surface area (Å²) in [6, 6.07) is 16.2. The van der Waals surface area contributed by atoms with E-state index < -0.39 is 10.0 Å². The minimum atomic E-state index is -3.57. The highest BCUT2D eigenvalue weighted by Gasteiger charge is 2.19. The molecule has 1 aliphatic carbocycles. The summed E-state index contributed by atoms with van der Waals surface area (Å²) in [4.78, 5) is 9.26. The first-order valence-corrected chi connectivity index (χ1v) is 10.8. The molecule has 0 saturated heterocycles. The van der Waals surface area contributed by atoms with Crippen molar-refractivity contribution >= 4 is 21.5 Å². The van der Waals surface area contributed by atoms with Gasteiger partial charge in [-0.3, -0.25) is 0 Å². The van der Waals surface area contributed by atoms with E-state index in [0.29, 0.717) is 0 Å². The van der Waals surface area contributed by atoms with E-state index in [1.54, 1.807) is 24.3 Å². The van der Waals surface area contributed by atoms with Crippen molar-refractivity contribution < 1.29 is 8.42 Å². The van der Waals surface area contributed by atoms with Crippen molar-refractivity contribution in [1.82, 2.24) is 14.7 Å². The summed E-state index contributed by atoms with van der Waals surface area (Å²) >= 11 is 0. The smallest absolute Gasteiger partial charge is 0.240 e. The van der Waals surface area contributed by atoms with E-state index in [9.17, 15) is 8.42 Å². The lowest BCUT2D eigenvalue weighted by Crippen LogP contribution is -2.23. The predicted molar refractivity (Wildman–Crippen MR) is 109 cm³/mol. The van der Waals surface area contributed by atoms with Crippen molar-refractivity contribution in [1.29, 1.82) is 0 Å². The average molecular weight is 395 g/mol. The van der Waals surface area contributed by atoms with Gasteiger partial charge in [-0.2, -0.15) is 0 Å². The van der Waals surface area contributed by atoms with Crippen LogP contribution in [-0.2, 0) is 29.4 Å². The molecule has 0 amide bonds. The average Bonchev–Trinajstić information content (AvgIpc) is 3.16. The number of aryl methyl sites for hydroxylation is 2. The van der Waals surface area contributed by atoms with Crippen molar-refractivity contribution in [2.75, 3.05) is 5.32 Å². The fourth-order valence-electron chi connectivity index (χ4n) is 3.37. The number of anilines is 2. The van der Waals surface area contributed by atoms with Gasteiger partial charge in [0.2, 0.25) is 10.0 Å². The monoisotopic (exact) mass is 394 g/mol. The molecular weight excluding hydrogens is 372 g/mol. The molecule has 0 bridgehead atoms. The van der Waals surface area contributed by atoms with Crippen LogP contribution in [0.1, 0.15) is 29.1 Å². The summed E-state index contributed by atoms with van der Waals surface area (Å²) < 4.78 is 27.7. The molecule has 1 heterocycles. The fraction of sp³-hybridized carbons (Fsp3) is 0.238. The van der Waals surface area contributed by atoms with Gasteiger partial charge in [-0.1, -0.05) is 30.3 Å². The van der Waals surface area contributed by atoms with Crippen molar-refractivity contribution in [2.24, 2.45) is 0 Å². The summed E-state index contributed by atoms with van der Waals surface area (Å²) in [7, 11) is -3.57. The van der Waals surface area contributed by atoms with E-state index in [0.717, 1.165) is 53.4 Å². The first kappa shape index (κ1) is 18.6. The van der Waals surface area contributed by atoms with Gasteiger partial charge in [0.15, 0.2) is 0 Å². The van der Waals surface area contributed by atoms with Gasteiger partial charge in [-0.25, -0.2) is 23.1 Å². The van der Waals surface area contributed by atoms with Crippen LogP contribution in [0.4, 0.5) is 11.5 Å². The van der Waals surface area contributed by atoms with E-state index in [2.05, 4.69) is 20.0 Å². The lowest BCUT2D eigenvalue weighted by molar-refractivity contribution is 0.581. The summed E-state index contributed by atoms with van der Waals surface area (Å²) in [5, 5.41) is 3.32. The van der Waals surface area contributed by atoms with Crippen molar-refractivity contribution in [3.63, 3.8) is 0 Å². The van der Waals surface area contributed by atoms with Crippen LogP contribution < -0.4 is 10.0 Å². The zero-order chi connectivity index (χ0) is 19.6. The number of hydrogen-bond donors (Lipinski definition) is 2. The first-order chi connectivity index (χ1) is 13.5. The molecule has 0 unspecified atom stereocenters. The molecule has 6 nitrogen and oxygen atoms in total. The lowest BCUT2D eigenvalue weighted by atomic mass is 10.2. The third kappa shape index (κ3) is 4.05. The standard InChI is InChI=1S/C21H22N4O2S/c1-15-23-20-9-5-8-19(20)21(24-15)25-17-10-12-18(13-11-17)28(26,27)22-14-16-6-3-2-4-7-16/h2-4,6-7,10-13,22H,5,8-9,14H2,1H3,(H,23,24,25). The van der Waals surface area contributed by atoms with Crippen LogP contribution in [0.3, 0.4) is 0 Å². The van der Waals surface area contributed by atoms with Crippen LogP contribution >= 0.6 is 0 Å². The molecule has 4 rings (SSSR count). The molecule has 0 saturated carbocycles. The Labute approximate surface area is 165 Å². The van der Waals surface area contributed by atoms with Crippen LogP contribution in [0.15, 0.2) is 59.5 Å². The molecule has 0 fully saturated rings. The van der Waals surface area contributed by atoms with E-state index in [1.165, 1.54) is 0 Å². The van der Waals surface area contributed by atoms with Crippen LogP contribution in [0, 0.1) is 6.92 Å². The second-order valence-corrected chi connectivity index (χ2v) is 8.62. The number of benzene rings is 2. The molecule has 3 aromatic rings. The molecule has 1 aliphatic rings. The quantitative estimate of drug-likeness (QED) is 0.669. The molecule has 2 N–H and O–H groups in total. The maximum Gasteiger partial charge on any atom is 0.240 e. The summed E-state index contributed by atoms with van der Waals surface area (Å²) in [6.45, 7) is 2.15. The van der Waals surface area contributed by atoms with E-state index in [-0.39, 0.29) is 11.4 Å². The van der Waals surface area contributed by atoms with Gasteiger partial charge in [-0.15, -0.1) is 0 Å². The van der Waals surface area contributed by atoms with Gasteiger partial charge in [0.1, 0.15) is 11.6 Å². The molecule has 0 atom stereocenters. The molecule has 0 spiro atoms. The van der Waals surface area contributed by atoms with Gasteiger partial charge < -0.3 is 5.32 Å². The Hall–Kier alpha value is -2.77. The molecule has 7 heteroatoms. The summed E-state index contributed by atoms with van der Waals surface area (Å²) in [6.07, 6.45) is 3.04. The molecule has 28 heavy (non-hydrogen) atoms. The Morgan fingerprint density at radius 1 is 0.964 bits per heavy atom. The highest BCUT2D eigenvalue weighted by molar-refractivity contribution is 7.89. The Kier molecular flexibility index (Phi) is 5.11. The number of nitrogens with one attached hydrogen (secondary N) is 2. The maximum absolute atomic E-state index is 12.5. The SMILES string of the molecule is Cc1nc2c(c(Nc3ccc(S(=O)(=O)NCc4ccccc4)cc3)n1)CCC2. The summed E-state index contributed by atoms with van der Waals surface area (Å²) in [5.74, 6) is 1.56. The van der Waals surface area contributed by atoms with Crippen molar-refractivity contribution in [3.05, 3.63) is 77.2 Å². The predicted octanol–water partition coefficient (Wildman–Crippen LogP) is 3.50. The Morgan fingerprint density at radius 2 is 1.71 bits per heavy atom. The second-order valence-electron chi connectivity index (χ2n) is 6.86. The molecule has 144 valence electrons. The summed E-state index contributed by atoms with van der Waals surface area (Å²) in [5.41, 5.74) is 3.98. The van der Waals surface area contributed by atoms with Crippen molar-refractivity contribution in [3.8, 4) is 0 Å². The Bertz CT molecular complexity index is 1080. The van der Waals surface area contributed by atoms with E-state index >= 15 is 0 Å². The molecule has 1 aromatic heterocycles. The topological polar surface area (TPSA) is 84.0 Å². The van der Waals surface area contributed by atoms with Crippen LogP contribution in [-0.4, -0.2) is 18.4 Å². The molecule has 0 aliphatic heterocycles. The number of aromatic nitrogens is 2. The second kappa shape index (κ2) is 7.69. The minimum Gasteiger partial charge on any atom is -0.340 e. The minimum absolute atomic E-state index is 0.234. The number of rotatable bonds is 6. The highest BCUT2D eigenvalue weighted by Crippen LogP contribution is 2.28. The van der Waals surface area contributed by atoms with Gasteiger partial charge in [-0.05, 0) is 56.0 Å². The largest absolute Gasteiger partial charge is 0.340 e. The number of sulfonamides is 1. The molecular formula is C21H22N4O2S. The highest BCUT2D eigenvalue weighted by atomic mass is 32.2. The zero-order valence-electron chi connectivity index (χ0n) is 15.6. The normalized spacial score (nSPS) is 13.3. The van der Waals surface area contributed by atoms with Crippen LogP contribution in [0.2, 0.25) is 0 Å². The Balaban J connectivity index is 1.48. The van der Waals surface area contributed by atoms with E-state index in [1.807, 2.05) is 37.3 Å². The van der Waals surface area contributed by atoms with E-state index in [4.69, 9.17) is 0 Å². The number of fused-ring (bicyclic) bond motifs is 1. The molecule has 2 aromatic carbocycles. The zero-order valence-corrected chi connectivity index (χ0v) is 16.5. The first-order valence-electron chi connectivity index (χ1n) is 9.28. The third-order valence-corrected chi connectivity index (χ3v) is 6.20. The maximum atomic E-state index is 12.5. The molecule has 0 radical (unpaired) electrons. The number of nitrogens with zero attached hydrogens (tertiary/aromatic N) is 2. The van der Waals surface area contributed by atoms with Gasteiger partial charge >= 0.3 is 0 Å². The van der Waals surface area contributed by atoms with Gasteiger partial charge in [0.25, 0.3) is 0 Å². The number of hydrogen-bond acceptors (Lipinski definition) is 5. The lowest BCUT2D eigenvalue weighted by Gasteiger charge is -2.12. The van der Waals surface area contributed by atoms with Crippen LogP contribution in [0.25, 0.3) is 0 Å². The van der Waals surface area contributed by atoms with Gasteiger partial charge in [0, 0.05) is 23.5 Å². The van der Waals surface area contributed by atoms with Gasteiger partial charge in [0.05, 0.1) is 4.90 Å². The van der Waals surface area contributed by atoms with Crippen molar-refractivity contribution in [2.45, 2.75) is 37.6 Å². The Morgan fingerprint density at radius 3 is 2.46 bits per heavy atom.